The Kier molecular flexibility index (Phi) is 5.65. The number of hydrogen-bond acceptors (Lipinski definition) is 1. The Morgan fingerprint density at radius 2 is 1.73 bits per heavy atom. The standard InChI is InChI=1S/C12H16BrN.ClH/c13-12-6-8-14(9-7-12)10-11-4-2-1-3-5-11;/h1-5,12H,6-10H2;1H. The summed E-state index contributed by atoms with van der Waals surface area (Å²) in [6.07, 6.45) is 2.57. The van der Waals surface area contributed by atoms with Crippen LogP contribution in [0.1, 0.15) is 18.4 Å². The molecule has 2 rings (SSSR count). The molecule has 0 spiro atoms. The zero-order chi connectivity index (χ0) is 9.80. The zero-order valence-electron chi connectivity index (χ0n) is 8.73. The molecule has 0 aliphatic carbocycles. The van der Waals surface area contributed by atoms with Crippen molar-refractivity contribution in [2.45, 2.75) is 24.2 Å². The molecule has 1 saturated heterocycles. The summed E-state index contributed by atoms with van der Waals surface area (Å²) < 4.78 is 0. The molecule has 1 aromatic rings. The molecule has 0 bridgehead atoms. The molecule has 0 atom stereocenters. The van der Waals surface area contributed by atoms with Gasteiger partial charge < -0.3 is 0 Å². The summed E-state index contributed by atoms with van der Waals surface area (Å²) in [6, 6.07) is 10.7. The number of nitrogens with zero attached hydrogens (tertiary/aromatic N) is 1. The molecule has 1 aliphatic heterocycles. The Labute approximate surface area is 106 Å². The number of rotatable bonds is 2. The zero-order valence-corrected chi connectivity index (χ0v) is 11.1. The Bertz CT molecular complexity index is 270. The molecule has 3 heteroatoms. The summed E-state index contributed by atoms with van der Waals surface area (Å²) in [5.74, 6) is 0. The van der Waals surface area contributed by atoms with Gasteiger partial charge in [-0.3, -0.25) is 4.90 Å². The number of halogens is 2. The number of hydrogen-bond donors (Lipinski definition) is 0. The molecule has 0 saturated carbocycles. The van der Waals surface area contributed by atoms with E-state index in [-0.39, 0.29) is 12.4 Å². The molecule has 1 heterocycles. The van der Waals surface area contributed by atoms with E-state index >= 15 is 0 Å². The lowest BCUT2D eigenvalue weighted by Gasteiger charge is -2.29. The smallest absolute Gasteiger partial charge is 0.0233 e. The van der Waals surface area contributed by atoms with E-state index in [0.717, 1.165) is 11.4 Å². The van der Waals surface area contributed by atoms with Gasteiger partial charge in [-0.05, 0) is 31.5 Å². The maximum atomic E-state index is 3.67. The van der Waals surface area contributed by atoms with Gasteiger partial charge in [-0.2, -0.15) is 0 Å². The first-order valence-corrected chi connectivity index (χ1v) is 6.16. The highest BCUT2D eigenvalue weighted by Gasteiger charge is 2.16. The number of likely N-dealkylation sites (tertiary alicyclic amines) is 1. The van der Waals surface area contributed by atoms with Crippen molar-refractivity contribution in [3.63, 3.8) is 0 Å². The lowest BCUT2D eigenvalue weighted by Crippen LogP contribution is -2.33. The first-order chi connectivity index (χ1) is 6.84. The van der Waals surface area contributed by atoms with Crippen LogP contribution in [0.2, 0.25) is 0 Å². The Morgan fingerprint density at radius 3 is 2.33 bits per heavy atom. The second-order valence-corrected chi connectivity index (χ2v) is 5.23. The van der Waals surface area contributed by atoms with Crippen molar-refractivity contribution in [2.75, 3.05) is 13.1 Å². The second kappa shape index (κ2) is 6.51. The molecule has 1 aliphatic rings. The molecular formula is C12H17BrClN. The van der Waals surface area contributed by atoms with Crippen molar-refractivity contribution in [1.82, 2.24) is 4.90 Å². The van der Waals surface area contributed by atoms with E-state index in [1.54, 1.807) is 0 Å². The second-order valence-electron chi connectivity index (χ2n) is 3.94. The van der Waals surface area contributed by atoms with Gasteiger partial charge >= 0.3 is 0 Å². The Hall–Kier alpha value is -0.0500. The molecule has 0 amide bonds. The Morgan fingerprint density at radius 1 is 1.13 bits per heavy atom. The summed E-state index contributed by atoms with van der Waals surface area (Å²) in [5.41, 5.74) is 1.43. The predicted octanol–water partition coefficient (Wildman–Crippen LogP) is 3.47. The third kappa shape index (κ3) is 4.13. The van der Waals surface area contributed by atoms with Gasteiger partial charge in [-0.1, -0.05) is 46.3 Å². The first kappa shape index (κ1) is 13.0. The van der Waals surface area contributed by atoms with E-state index in [9.17, 15) is 0 Å². The Balaban J connectivity index is 0.00000112. The fourth-order valence-electron chi connectivity index (χ4n) is 1.90. The van der Waals surface area contributed by atoms with Crippen LogP contribution in [0.25, 0.3) is 0 Å². The summed E-state index contributed by atoms with van der Waals surface area (Å²) in [4.78, 5) is 3.28. The molecule has 0 N–H and O–H groups in total. The average Bonchev–Trinajstić information content (AvgIpc) is 2.23. The van der Waals surface area contributed by atoms with Crippen molar-refractivity contribution in [3.05, 3.63) is 35.9 Å². The van der Waals surface area contributed by atoms with E-state index in [1.807, 2.05) is 0 Å². The quantitative estimate of drug-likeness (QED) is 0.754. The highest BCUT2D eigenvalue weighted by atomic mass is 79.9. The highest BCUT2D eigenvalue weighted by molar-refractivity contribution is 9.09. The minimum atomic E-state index is 0. The van der Waals surface area contributed by atoms with Crippen LogP contribution in [0.4, 0.5) is 0 Å². The maximum Gasteiger partial charge on any atom is 0.0233 e. The normalized spacial score (nSPS) is 18.5. The van der Waals surface area contributed by atoms with E-state index in [4.69, 9.17) is 0 Å². The third-order valence-electron chi connectivity index (χ3n) is 2.77. The monoisotopic (exact) mass is 289 g/mol. The topological polar surface area (TPSA) is 3.24 Å². The van der Waals surface area contributed by atoms with E-state index in [1.165, 1.54) is 31.5 Å². The molecular weight excluding hydrogens is 273 g/mol. The molecule has 0 aromatic heterocycles. The van der Waals surface area contributed by atoms with Gasteiger partial charge in [-0.15, -0.1) is 12.4 Å². The van der Waals surface area contributed by atoms with Crippen LogP contribution < -0.4 is 0 Å². The lowest BCUT2D eigenvalue weighted by atomic mass is 10.1. The molecule has 0 radical (unpaired) electrons. The van der Waals surface area contributed by atoms with E-state index in [2.05, 4.69) is 51.2 Å². The number of alkyl halides is 1. The van der Waals surface area contributed by atoms with Crippen LogP contribution >= 0.6 is 28.3 Å². The van der Waals surface area contributed by atoms with E-state index < -0.39 is 0 Å². The largest absolute Gasteiger partial charge is 0.299 e. The third-order valence-corrected chi connectivity index (χ3v) is 3.68. The maximum absolute atomic E-state index is 3.67. The molecule has 84 valence electrons. The molecule has 1 aromatic carbocycles. The minimum absolute atomic E-state index is 0. The molecule has 1 fully saturated rings. The van der Waals surface area contributed by atoms with Crippen molar-refractivity contribution in [3.8, 4) is 0 Å². The fraction of sp³-hybridized carbons (Fsp3) is 0.500. The van der Waals surface area contributed by atoms with Crippen LogP contribution in [0, 0.1) is 0 Å². The number of piperidine rings is 1. The van der Waals surface area contributed by atoms with Crippen molar-refractivity contribution < 1.29 is 0 Å². The van der Waals surface area contributed by atoms with Crippen LogP contribution in [-0.2, 0) is 6.54 Å². The van der Waals surface area contributed by atoms with Gasteiger partial charge in [0.1, 0.15) is 0 Å². The van der Waals surface area contributed by atoms with Gasteiger partial charge in [0.2, 0.25) is 0 Å². The summed E-state index contributed by atoms with van der Waals surface area (Å²) >= 11 is 3.67. The van der Waals surface area contributed by atoms with Gasteiger partial charge in [0.15, 0.2) is 0 Å². The van der Waals surface area contributed by atoms with Crippen molar-refractivity contribution in [2.24, 2.45) is 0 Å². The lowest BCUT2D eigenvalue weighted by molar-refractivity contribution is 0.226. The van der Waals surface area contributed by atoms with Gasteiger partial charge in [-0.25, -0.2) is 0 Å². The van der Waals surface area contributed by atoms with Crippen molar-refractivity contribution in [1.29, 1.82) is 0 Å². The van der Waals surface area contributed by atoms with Gasteiger partial charge in [0.25, 0.3) is 0 Å². The summed E-state index contributed by atoms with van der Waals surface area (Å²) in [7, 11) is 0. The summed E-state index contributed by atoms with van der Waals surface area (Å²) in [6.45, 7) is 3.57. The van der Waals surface area contributed by atoms with Crippen LogP contribution in [0.5, 0.6) is 0 Å². The SMILES string of the molecule is BrC1CCN(Cc2ccccc2)CC1.Cl. The highest BCUT2D eigenvalue weighted by Crippen LogP contribution is 2.18. The molecule has 0 unspecified atom stereocenters. The molecule has 15 heavy (non-hydrogen) atoms. The summed E-state index contributed by atoms with van der Waals surface area (Å²) in [5, 5.41) is 0. The fourth-order valence-corrected chi connectivity index (χ4v) is 2.31. The van der Waals surface area contributed by atoms with Crippen LogP contribution in [0.15, 0.2) is 30.3 Å². The molecule has 1 nitrogen and oxygen atoms in total. The van der Waals surface area contributed by atoms with Gasteiger partial charge in [0, 0.05) is 11.4 Å². The van der Waals surface area contributed by atoms with Gasteiger partial charge in [0.05, 0.1) is 0 Å². The predicted molar refractivity (Wildman–Crippen MR) is 70.9 cm³/mol. The van der Waals surface area contributed by atoms with Crippen molar-refractivity contribution >= 4 is 28.3 Å². The first-order valence-electron chi connectivity index (χ1n) is 5.25. The minimum Gasteiger partial charge on any atom is -0.299 e. The van der Waals surface area contributed by atoms with Crippen LogP contribution in [0.3, 0.4) is 0 Å². The van der Waals surface area contributed by atoms with Crippen LogP contribution in [-0.4, -0.2) is 22.8 Å². The number of benzene rings is 1. The average molecular weight is 291 g/mol. The van der Waals surface area contributed by atoms with E-state index in [0.29, 0.717) is 0 Å².